The van der Waals surface area contributed by atoms with Gasteiger partial charge in [0, 0.05) is 21.5 Å². The van der Waals surface area contributed by atoms with Crippen LogP contribution in [0.25, 0.3) is 17.0 Å². The Bertz CT molecular complexity index is 1420. The summed E-state index contributed by atoms with van der Waals surface area (Å²) in [6, 6.07) is 19.9. The van der Waals surface area contributed by atoms with Gasteiger partial charge in [0.15, 0.2) is 0 Å². The second-order valence-electron chi connectivity index (χ2n) is 8.39. The number of carbonyl (C=O) groups is 1. The molecule has 0 radical (unpaired) electrons. The molecule has 0 spiro atoms. The van der Waals surface area contributed by atoms with Crippen molar-refractivity contribution in [2.24, 2.45) is 0 Å². The van der Waals surface area contributed by atoms with E-state index in [-0.39, 0.29) is 17.6 Å². The third-order valence-corrected chi connectivity index (χ3v) is 6.55. The van der Waals surface area contributed by atoms with Crippen molar-refractivity contribution in [3.8, 4) is 17.2 Å². The van der Waals surface area contributed by atoms with E-state index in [1.165, 1.54) is 0 Å². The zero-order valence-electron chi connectivity index (χ0n) is 20.6. The molecular formula is C29H26ClNO5S. The van der Waals surface area contributed by atoms with Gasteiger partial charge in [-0.2, -0.15) is 0 Å². The van der Waals surface area contributed by atoms with Crippen LogP contribution in [0.3, 0.4) is 0 Å². The minimum Gasteiger partial charge on any atom is -0.497 e. The lowest BCUT2D eigenvalue weighted by Crippen LogP contribution is -2.10. The van der Waals surface area contributed by atoms with Gasteiger partial charge >= 0.3 is 5.97 Å². The molecular weight excluding hydrogens is 510 g/mol. The molecule has 190 valence electrons. The molecule has 1 aromatic heterocycles. The van der Waals surface area contributed by atoms with Crippen molar-refractivity contribution < 1.29 is 24.1 Å². The summed E-state index contributed by atoms with van der Waals surface area (Å²) in [7, 11) is 1.62. The maximum Gasteiger partial charge on any atom is 0.342 e. The number of carboxylic acids is 1. The van der Waals surface area contributed by atoms with E-state index >= 15 is 0 Å². The molecule has 0 saturated carbocycles. The van der Waals surface area contributed by atoms with Crippen molar-refractivity contribution in [3.63, 3.8) is 0 Å². The molecule has 0 amide bonds. The van der Waals surface area contributed by atoms with Crippen LogP contribution in [0.1, 0.15) is 25.0 Å². The number of pyridine rings is 1. The Morgan fingerprint density at radius 1 is 1.05 bits per heavy atom. The van der Waals surface area contributed by atoms with Crippen LogP contribution in [0, 0.1) is 0 Å². The summed E-state index contributed by atoms with van der Waals surface area (Å²) in [5.41, 5.74) is 2.36. The predicted octanol–water partition coefficient (Wildman–Crippen LogP) is 7.48. The van der Waals surface area contributed by atoms with E-state index in [9.17, 15) is 9.90 Å². The van der Waals surface area contributed by atoms with Crippen molar-refractivity contribution in [1.82, 2.24) is 4.98 Å². The van der Waals surface area contributed by atoms with Crippen molar-refractivity contribution in [2.75, 3.05) is 7.11 Å². The molecule has 0 atom stereocenters. The number of carboxylic acid groups (broad SMARTS) is 1. The first-order chi connectivity index (χ1) is 17.8. The minimum atomic E-state index is -1.00. The third-order valence-electron chi connectivity index (χ3n) is 5.28. The van der Waals surface area contributed by atoms with Crippen molar-refractivity contribution in [3.05, 3.63) is 94.0 Å². The van der Waals surface area contributed by atoms with E-state index in [0.29, 0.717) is 16.5 Å². The number of hydrogen-bond donors (Lipinski definition) is 1. The Kier molecular flexibility index (Phi) is 8.58. The number of halogens is 1. The lowest BCUT2D eigenvalue weighted by Gasteiger charge is -2.17. The molecule has 0 saturated heterocycles. The number of fused-ring (bicyclic) bond motifs is 1. The van der Waals surface area contributed by atoms with Gasteiger partial charge in [0.1, 0.15) is 23.9 Å². The zero-order valence-corrected chi connectivity index (χ0v) is 22.2. The average molecular weight is 536 g/mol. The van der Waals surface area contributed by atoms with Gasteiger partial charge in [-0.1, -0.05) is 35.5 Å². The molecule has 1 N–H and O–H groups in total. The lowest BCUT2D eigenvalue weighted by atomic mass is 10.1. The topological polar surface area (TPSA) is 77.9 Å². The number of aromatic nitrogens is 1. The molecule has 0 fully saturated rings. The van der Waals surface area contributed by atoms with Gasteiger partial charge in [-0.25, -0.2) is 4.79 Å². The molecule has 0 bridgehead atoms. The fourth-order valence-corrected chi connectivity index (χ4v) is 4.46. The molecule has 6 nitrogen and oxygen atoms in total. The third kappa shape index (κ3) is 6.96. The molecule has 0 aliphatic rings. The molecule has 37 heavy (non-hydrogen) atoms. The van der Waals surface area contributed by atoms with Crippen LogP contribution >= 0.6 is 23.4 Å². The highest BCUT2D eigenvalue weighted by molar-refractivity contribution is 8.04. The molecule has 4 rings (SSSR count). The first-order valence-corrected chi connectivity index (χ1v) is 12.8. The maximum absolute atomic E-state index is 11.8. The van der Waals surface area contributed by atoms with Crippen molar-refractivity contribution in [1.29, 1.82) is 0 Å². The fraction of sp³-hybridized carbons (Fsp3) is 0.172. The first-order valence-electron chi connectivity index (χ1n) is 11.6. The zero-order chi connectivity index (χ0) is 26.4. The number of ether oxygens (including phenoxy) is 3. The van der Waals surface area contributed by atoms with Crippen LogP contribution in [0.4, 0.5) is 0 Å². The summed E-state index contributed by atoms with van der Waals surface area (Å²) < 4.78 is 17.5. The largest absolute Gasteiger partial charge is 0.497 e. The van der Waals surface area contributed by atoms with Gasteiger partial charge in [0.25, 0.3) is 0 Å². The van der Waals surface area contributed by atoms with E-state index in [0.717, 1.165) is 44.4 Å². The van der Waals surface area contributed by atoms with Gasteiger partial charge in [-0.15, -0.1) is 0 Å². The summed E-state index contributed by atoms with van der Waals surface area (Å²) in [6.07, 6.45) is 3.35. The highest BCUT2D eigenvalue weighted by atomic mass is 35.5. The first kappa shape index (κ1) is 26.4. The van der Waals surface area contributed by atoms with Crippen LogP contribution in [0.15, 0.2) is 82.7 Å². The number of hydrogen-bond acceptors (Lipinski definition) is 6. The minimum absolute atomic E-state index is 0.0317. The van der Waals surface area contributed by atoms with Crippen molar-refractivity contribution >= 4 is 46.3 Å². The van der Waals surface area contributed by atoms with Gasteiger partial charge in [-0.3, -0.25) is 4.98 Å². The molecule has 0 aliphatic carbocycles. The molecule has 0 unspecified atom stereocenters. The summed E-state index contributed by atoms with van der Waals surface area (Å²) >= 11 is 7.08. The number of nitrogens with zero attached hydrogens (tertiary/aromatic N) is 1. The van der Waals surface area contributed by atoms with Gasteiger partial charge in [-0.05, 0) is 80.1 Å². The summed E-state index contributed by atoms with van der Waals surface area (Å²) in [5, 5.41) is 11.1. The van der Waals surface area contributed by atoms with Crippen LogP contribution in [-0.2, 0) is 11.4 Å². The Balaban J connectivity index is 1.51. The van der Waals surface area contributed by atoms with Gasteiger partial charge in [0.2, 0.25) is 0 Å². The van der Waals surface area contributed by atoms with E-state index in [4.69, 9.17) is 25.8 Å². The number of aliphatic carboxylic acids is 1. The number of methoxy groups -OCH3 is 1. The monoisotopic (exact) mass is 535 g/mol. The second-order valence-corrected chi connectivity index (χ2v) is 9.94. The molecule has 8 heteroatoms. The molecule has 0 aliphatic heterocycles. The van der Waals surface area contributed by atoms with E-state index in [1.807, 2.05) is 44.2 Å². The Morgan fingerprint density at radius 3 is 2.41 bits per heavy atom. The molecule has 1 heterocycles. The highest BCUT2D eigenvalue weighted by Gasteiger charge is 2.14. The Labute approximate surface area is 224 Å². The summed E-state index contributed by atoms with van der Waals surface area (Å²) in [4.78, 5) is 17.3. The summed E-state index contributed by atoms with van der Waals surface area (Å²) in [5.74, 6) is 1.07. The number of thioether (sulfide) groups is 1. The van der Waals surface area contributed by atoms with Crippen LogP contribution < -0.4 is 14.2 Å². The van der Waals surface area contributed by atoms with E-state index in [1.54, 1.807) is 55.8 Å². The van der Waals surface area contributed by atoms with E-state index in [2.05, 4.69) is 4.98 Å². The van der Waals surface area contributed by atoms with Crippen molar-refractivity contribution in [2.45, 2.75) is 31.5 Å². The van der Waals surface area contributed by atoms with Crippen LogP contribution in [0.2, 0.25) is 5.02 Å². The number of benzene rings is 3. The molecule has 4 aromatic rings. The lowest BCUT2D eigenvalue weighted by molar-refractivity contribution is -0.131. The quantitative estimate of drug-likeness (QED) is 0.166. The Morgan fingerprint density at radius 2 is 1.76 bits per heavy atom. The Hall–Kier alpha value is -3.68. The van der Waals surface area contributed by atoms with Crippen LogP contribution in [-0.4, -0.2) is 29.3 Å². The SMILES string of the molecule is COc1ccc2ncc(COc3ccc(/C=C(/Sc4ccc(Cl)cc4)C(=O)O)cc3)c(OC(C)C)c2c1. The second kappa shape index (κ2) is 12.0. The standard InChI is InChI=1S/C29H26ClNO5S/c1-18(2)36-28-20(16-31-26-13-10-23(34-3)15-25(26)28)17-35-22-8-4-19(5-9-22)14-27(29(32)33)37-24-11-6-21(30)7-12-24/h4-16,18H,17H2,1-3H3,(H,32,33)/b27-14+. The highest BCUT2D eigenvalue weighted by Crippen LogP contribution is 2.33. The number of rotatable bonds is 10. The van der Waals surface area contributed by atoms with Gasteiger partial charge in [0.05, 0.1) is 29.2 Å². The summed E-state index contributed by atoms with van der Waals surface area (Å²) in [6.45, 7) is 4.20. The molecule has 3 aromatic carbocycles. The normalized spacial score (nSPS) is 11.5. The van der Waals surface area contributed by atoms with Gasteiger partial charge < -0.3 is 19.3 Å². The predicted molar refractivity (Wildman–Crippen MR) is 148 cm³/mol. The smallest absolute Gasteiger partial charge is 0.342 e. The average Bonchev–Trinajstić information content (AvgIpc) is 2.89. The van der Waals surface area contributed by atoms with Crippen LogP contribution in [0.5, 0.6) is 17.2 Å². The maximum atomic E-state index is 11.8. The fourth-order valence-electron chi connectivity index (χ4n) is 3.53. The van der Waals surface area contributed by atoms with E-state index < -0.39 is 5.97 Å².